The predicted molar refractivity (Wildman–Crippen MR) is 28.3 cm³/mol. The summed E-state index contributed by atoms with van der Waals surface area (Å²) in [5.74, 6) is -0.202. The number of guanidine groups is 1. The zero-order valence-corrected chi connectivity index (χ0v) is 6.38. The summed E-state index contributed by atoms with van der Waals surface area (Å²) in [4.78, 5) is 0. The van der Waals surface area contributed by atoms with Crippen LogP contribution in [0.4, 0.5) is 0 Å². The van der Waals surface area contributed by atoms with Crippen molar-refractivity contribution in [3.8, 4) is 5.40 Å². The van der Waals surface area contributed by atoms with Crippen LogP contribution in [-0.2, 0) is 0 Å². The molecule has 0 aromatic rings. The molecule has 0 aliphatic carbocycles. The fraction of sp³-hybridized carbons (Fsp3) is 0. The maximum Gasteiger partial charge on any atom is 1.00 e. The number of nitrogens with one attached hydrogen (secondary N) is 2. The second-order valence-electron chi connectivity index (χ2n) is 0.709. The molecule has 4 N–H and O–H groups in total. The summed E-state index contributed by atoms with van der Waals surface area (Å²) in [5, 5.41) is 16.0. The normalized spacial score (nSPS) is 5.22. The molecule has 9 heavy (non-hydrogen) atoms. The fourth-order valence-electron chi connectivity index (χ4n) is 0.0778. The molecule has 0 aliphatic heterocycles. The Hall–Kier alpha value is -0.00260. The smallest absolute Gasteiger partial charge is 1.00 e. The number of nitrogens with zero attached hydrogens (tertiary/aromatic N) is 1. The molecule has 0 aromatic heterocycles. The number of hydrogen-bond donors (Lipinski definition) is 3. The van der Waals surface area contributed by atoms with Gasteiger partial charge in [0.15, 0.2) is 11.4 Å². The first-order chi connectivity index (χ1) is 3.27. The standard InChI is InChI=1S/C2H4N4S.ClH.Li/c3-1-7-6-2(4)5;;/h(H4,4,5,6);1H;/q;;+1/p-1. The van der Waals surface area contributed by atoms with Gasteiger partial charge in [0.2, 0.25) is 0 Å². The first kappa shape index (κ1) is 16.0. The summed E-state index contributed by atoms with van der Waals surface area (Å²) in [5.41, 5.74) is 4.78. The van der Waals surface area contributed by atoms with E-state index in [9.17, 15) is 0 Å². The van der Waals surface area contributed by atoms with Crippen LogP contribution in [0, 0.1) is 16.1 Å². The van der Waals surface area contributed by atoms with Gasteiger partial charge in [0.05, 0.1) is 11.9 Å². The Kier molecular flexibility index (Phi) is 19.4. The van der Waals surface area contributed by atoms with Crippen molar-refractivity contribution in [2.75, 3.05) is 0 Å². The van der Waals surface area contributed by atoms with Crippen molar-refractivity contribution in [3.63, 3.8) is 0 Å². The maximum atomic E-state index is 7.81. The van der Waals surface area contributed by atoms with Gasteiger partial charge >= 0.3 is 18.9 Å². The quantitative estimate of drug-likeness (QED) is 0.117. The molecule has 0 rings (SSSR count). The number of rotatable bonds is 1. The van der Waals surface area contributed by atoms with Crippen molar-refractivity contribution in [2.24, 2.45) is 5.73 Å². The predicted octanol–water partition coefficient (Wildman–Crippen LogP) is -6.39. The summed E-state index contributed by atoms with van der Waals surface area (Å²) in [6.45, 7) is 0. The molecule has 0 atom stereocenters. The molecular weight excluding hydrogens is 155 g/mol. The molecule has 0 aromatic carbocycles. The molecule has 46 valence electrons. The van der Waals surface area contributed by atoms with Crippen molar-refractivity contribution in [1.82, 2.24) is 4.72 Å². The fourth-order valence-corrected chi connectivity index (χ4v) is 0.233. The topological polar surface area (TPSA) is 85.7 Å². The molecule has 0 spiro atoms. The second kappa shape index (κ2) is 10.9. The largest absolute Gasteiger partial charge is 1.00 e. The first-order valence-corrected chi connectivity index (χ1v) is 2.24. The van der Waals surface area contributed by atoms with E-state index >= 15 is 0 Å². The Morgan fingerprint density at radius 2 is 2.22 bits per heavy atom. The van der Waals surface area contributed by atoms with E-state index in [-0.39, 0.29) is 37.2 Å². The molecule has 0 amide bonds. The van der Waals surface area contributed by atoms with Gasteiger partial charge in [0.25, 0.3) is 0 Å². The van der Waals surface area contributed by atoms with E-state index in [0.29, 0.717) is 0 Å². The van der Waals surface area contributed by atoms with Crippen LogP contribution in [0.3, 0.4) is 0 Å². The summed E-state index contributed by atoms with van der Waals surface area (Å²) in [7, 11) is 0. The molecule has 0 fully saturated rings. The van der Waals surface area contributed by atoms with E-state index in [1.54, 1.807) is 5.40 Å². The van der Waals surface area contributed by atoms with Crippen LogP contribution in [0.25, 0.3) is 0 Å². The third kappa shape index (κ3) is 18.0. The van der Waals surface area contributed by atoms with Crippen LogP contribution in [0.5, 0.6) is 0 Å². The van der Waals surface area contributed by atoms with Gasteiger partial charge in [-0.25, -0.2) is 0 Å². The van der Waals surface area contributed by atoms with Crippen LogP contribution < -0.4 is 41.7 Å². The zero-order valence-electron chi connectivity index (χ0n) is 4.81. The molecule has 7 heteroatoms. The molecule has 0 aliphatic rings. The van der Waals surface area contributed by atoms with Crippen molar-refractivity contribution in [1.29, 1.82) is 10.7 Å². The van der Waals surface area contributed by atoms with Crippen LogP contribution >= 0.6 is 11.9 Å². The van der Waals surface area contributed by atoms with E-state index in [0.717, 1.165) is 11.9 Å². The molecule has 0 saturated heterocycles. The average Bonchev–Trinajstić information content (AvgIpc) is 1.61. The Bertz CT molecular complexity index is 112. The summed E-state index contributed by atoms with van der Waals surface area (Å²) < 4.78 is 2.21. The average molecular weight is 159 g/mol. The van der Waals surface area contributed by atoms with Crippen LogP contribution in [0.15, 0.2) is 0 Å². The van der Waals surface area contributed by atoms with E-state index in [4.69, 9.17) is 16.4 Å². The Morgan fingerprint density at radius 3 is 2.33 bits per heavy atom. The molecule has 0 heterocycles. The summed E-state index contributed by atoms with van der Waals surface area (Å²) >= 11 is 0.722. The third-order valence-electron chi connectivity index (χ3n) is 0.207. The van der Waals surface area contributed by atoms with Gasteiger partial charge in [-0.15, -0.1) is 0 Å². The van der Waals surface area contributed by atoms with E-state index in [2.05, 4.69) is 4.72 Å². The van der Waals surface area contributed by atoms with Gasteiger partial charge in [-0.3, -0.25) is 10.1 Å². The Morgan fingerprint density at radius 1 is 1.78 bits per heavy atom. The minimum atomic E-state index is -0.202. The third-order valence-corrected chi connectivity index (χ3v) is 0.620. The van der Waals surface area contributed by atoms with E-state index < -0.39 is 0 Å². The number of nitriles is 1. The Balaban J connectivity index is -0.000000180. The van der Waals surface area contributed by atoms with Crippen molar-refractivity contribution in [2.45, 2.75) is 0 Å². The summed E-state index contributed by atoms with van der Waals surface area (Å²) in [6, 6.07) is 0. The molecule has 0 bridgehead atoms. The van der Waals surface area contributed by atoms with Gasteiger partial charge < -0.3 is 18.1 Å². The number of nitrogens with two attached hydrogens (primary N) is 1. The van der Waals surface area contributed by atoms with Crippen molar-refractivity contribution in [3.05, 3.63) is 0 Å². The minimum Gasteiger partial charge on any atom is -1.00 e. The zero-order chi connectivity index (χ0) is 5.70. The molecular formula is C2H4ClLiN4S. The number of thiocyanates is 1. The van der Waals surface area contributed by atoms with Crippen LogP contribution in [0.2, 0.25) is 0 Å². The van der Waals surface area contributed by atoms with Gasteiger partial charge in [-0.1, -0.05) is 0 Å². The van der Waals surface area contributed by atoms with Crippen molar-refractivity contribution >= 4 is 17.9 Å². The minimum absolute atomic E-state index is 0. The van der Waals surface area contributed by atoms with Crippen LogP contribution in [0.1, 0.15) is 0 Å². The van der Waals surface area contributed by atoms with E-state index in [1.807, 2.05) is 0 Å². The monoisotopic (exact) mass is 158 g/mol. The molecule has 0 saturated carbocycles. The first-order valence-electron chi connectivity index (χ1n) is 1.42. The maximum absolute atomic E-state index is 7.81. The Labute approximate surface area is 75.8 Å². The SMILES string of the molecule is N#CSNC(=N)N.[Cl-].[Li+]. The van der Waals surface area contributed by atoms with Gasteiger partial charge in [0, 0.05) is 0 Å². The van der Waals surface area contributed by atoms with Gasteiger partial charge in [0.1, 0.15) is 0 Å². The van der Waals surface area contributed by atoms with Crippen molar-refractivity contribution < 1.29 is 31.3 Å². The summed E-state index contributed by atoms with van der Waals surface area (Å²) in [6.07, 6.45) is 0. The number of halogens is 1. The van der Waals surface area contributed by atoms with E-state index in [1.165, 1.54) is 0 Å². The second-order valence-corrected chi connectivity index (χ2v) is 1.30. The number of hydrogen-bond acceptors (Lipinski definition) is 3. The van der Waals surface area contributed by atoms with Gasteiger partial charge in [-0.2, -0.15) is 5.26 Å². The molecule has 0 radical (unpaired) electrons. The van der Waals surface area contributed by atoms with Crippen LogP contribution in [-0.4, -0.2) is 5.96 Å². The molecule has 4 nitrogen and oxygen atoms in total. The van der Waals surface area contributed by atoms with Gasteiger partial charge in [-0.05, 0) is 0 Å². The molecule has 0 unspecified atom stereocenters.